The fraction of sp³-hybridized carbons (Fsp3) is 0.281. The summed E-state index contributed by atoms with van der Waals surface area (Å²) in [5, 5.41) is 0. The normalized spacial score (nSPS) is 14.6. The van der Waals surface area contributed by atoms with Crippen LogP contribution in [0.15, 0.2) is 147 Å². The maximum absolute atomic E-state index is 3.24. The van der Waals surface area contributed by atoms with Crippen LogP contribution in [0.1, 0.15) is 114 Å². The van der Waals surface area contributed by atoms with Gasteiger partial charge in [0.05, 0.1) is 0 Å². The largest absolute Gasteiger partial charge is 1.00 e. The Kier molecular flexibility index (Phi) is 13.3. The van der Waals surface area contributed by atoms with Crippen molar-refractivity contribution in [1.29, 1.82) is 0 Å². The third-order valence-corrected chi connectivity index (χ3v) is 21.7. The summed E-state index contributed by atoms with van der Waals surface area (Å²) in [7, 11) is 0. The zero-order valence-corrected chi connectivity index (χ0v) is 41.6. The Bertz CT molecular complexity index is 2610. The average Bonchev–Trinajstić information content (AvgIpc) is 3.65. The van der Waals surface area contributed by atoms with Gasteiger partial charge in [-0.15, -0.1) is 0 Å². The second kappa shape index (κ2) is 17.5. The van der Waals surface area contributed by atoms with Gasteiger partial charge in [-0.05, 0) is 0 Å². The molecule has 2 aliphatic carbocycles. The summed E-state index contributed by atoms with van der Waals surface area (Å²) in [5.74, 6) is 0.388. The smallest absolute Gasteiger partial charge is 1.00 e. The molecule has 0 heterocycles. The van der Waals surface area contributed by atoms with Gasteiger partial charge in [0, 0.05) is 0 Å². The van der Waals surface area contributed by atoms with E-state index in [2.05, 4.69) is 210 Å². The van der Waals surface area contributed by atoms with Gasteiger partial charge in [-0.3, -0.25) is 0 Å². The summed E-state index contributed by atoms with van der Waals surface area (Å²) < 4.78 is 4.99. The molecule has 306 valence electrons. The predicted molar refractivity (Wildman–Crippen MR) is 248 cm³/mol. The first kappa shape index (κ1) is 45.7. The van der Waals surface area contributed by atoms with Crippen molar-refractivity contribution in [2.45, 2.75) is 100 Å². The first-order chi connectivity index (χ1) is 27.5. The third-order valence-electron chi connectivity index (χ3n) is 13.2. The van der Waals surface area contributed by atoms with Crippen molar-refractivity contribution in [3.05, 3.63) is 192 Å². The fourth-order valence-electron chi connectivity index (χ4n) is 9.69. The molecule has 0 spiro atoms. The number of hydrogen-bond donors (Lipinski definition) is 0. The molecular formula is C57H60Cl2Zr. The number of fused-ring (bicyclic) bond motifs is 3. The summed E-state index contributed by atoms with van der Waals surface area (Å²) in [6, 6.07) is 49.4. The van der Waals surface area contributed by atoms with Crippen molar-refractivity contribution >= 4 is 6.48 Å². The molecule has 0 amide bonds. The molecule has 2 aliphatic rings. The summed E-state index contributed by atoms with van der Waals surface area (Å²) in [6.45, 7) is 28.6. The molecular weight excluding hydrogens is 847 g/mol. The van der Waals surface area contributed by atoms with E-state index in [0.29, 0.717) is 5.92 Å². The van der Waals surface area contributed by atoms with Gasteiger partial charge >= 0.3 is 359 Å². The predicted octanol–water partition coefficient (Wildman–Crippen LogP) is 8.58. The molecule has 0 fully saturated rings. The molecule has 0 saturated heterocycles. The Morgan fingerprint density at radius 2 is 1.02 bits per heavy atom. The quantitative estimate of drug-likeness (QED) is 0.157. The minimum atomic E-state index is -3.24. The van der Waals surface area contributed by atoms with E-state index in [1.165, 1.54) is 89.0 Å². The molecule has 0 bridgehead atoms. The molecule has 0 aliphatic heterocycles. The van der Waals surface area contributed by atoms with E-state index in [9.17, 15) is 0 Å². The van der Waals surface area contributed by atoms with Crippen LogP contribution in [0.2, 0.25) is 0 Å². The van der Waals surface area contributed by atoms with E-state index in [4.69, 9.17) is 0 Å². The molecule has 6 aromatic rings. The number of allylic oxidation sites excluding steroid dienone is 4. The first-order valence-electron chi connectivity index (χ1n) is 21.3. The standard InChI is InChI=1S/C33H33.C15H14.C9H13.2ClH.Zr/c1-32(2,3)30-20-26-24(18-28(30)22-13-9-7-10-14-22)17-25-19-29(23-15-11-8-12-16-23)31(21-27(25)26)33(4,5)6;1-12-3-7-14(8-4-12)11-15-9-5-13(2)6-10-15;1-6-5-7(2)9(4)8(6)3;;;/h7-16,18,20-21H,17H2,1-6H3;3-10H,1-2H3;6H,1-4H3;2*1H;/q;;;;;+2/p-2. The van der Waals surface area contributed by atoms with Gasteiger partial charge in [0.1, 0.15) is 0 Å². The van der Waals surface area contributed by atoms with Crippen molar-refractivity contribution in [3.8, 4) is 33.4 Å². The van der Waals surface area contributed by atoms with Crippen LogP contribution in [-0.4, -0.2) is 3.21 Å². The molecule has 8 rings (SSSR count). The number of benzene rings is 6. The second-order valence-corrected chi connectivity index (χ2v) is 24.8. The molecule has 0 nitrogen and oxygen atoms in total. The number of halogens is 2. The van der Waals surface area contributed by atoms with Crippen molar-refractivity contribution in [1.82, 2.24) is 0 Å². The first-order valence-corrected chi connectivity index (χ1v) is 25.0. The van der Waals surface area contributed by atoms with Gasteiger partial charge in [-0.1, -0.05) is 0 Å². The van der Waals surface area contributed by atoms with Crippen molar-refractivity contribution in [2.24, 2.45) is 5.92 Å². The third kappa shape index (κ3) is 8.25. The van der Waals surface area contributed by atoms with E-state index in [1.807, 2.05) is 0 Å². The average molecular weight is 907 g/mol. The minimum absolute atomic E-state index is 0. The monoisotopic (exact) mass is 904 g/mol. The summed E-state index contributed by atoms with van der Waals surface area (Å²) in [6.07, 6.45) is 0.944. The van der Waals surface area contributed by atoms with Gasteiger partial charge in [0.2, 0.25) is 0 Å². The molecule has 0 radical (unpaired) electrons. The Morgan fingerprint density at radius 1 is 0.533 bits per heavy atom. The van der Waals surface area contributed by atoms with Crippen LogP contribution in [0.3, 0.4) is 0 Å². The summed E-state index contributed by atoms with van der Waals surface area (Å²) in [4.78, 5) is 0. The van der Waals surface area contributed by atoms with E-state index in [-0.39, 0.29) is 35.6 Å². The molecule has 6 aromatic carbocycles. The SMILES string of the molecule is CC1=C(C)C(C)[C]([Zr+2](=[C](c2ccc(C)cc2)c2ccc(C)cc2)[c]2c3c(cc(C(C)(C)C)c2-c2ccccc2)-c2cc(C(C)(C)C)c(-c4ccccc4)cc2C3)=C1C.[Cl-].[Cl-]. The van der Waals surface area contributed by atoms with Crippen LogP contribution in [0.4, 0.5) is 0 Å². The van der Waals surface area contributed by atoms with Gasteiger partial charge in [0.15, 0.2) is 0 Å². The van der Waals surface area contributed by atoms with Crippen LogP contribution in [0.5, 0.6) is 0 Å². The van der Waals surface area contributed by atoms with Gasteiger partial charge in [-0.2, -0.15) is 0 Å². The van der Waals surface area contributed by atoms with E-state index in [0.717, 1.165) is 6.42 Å². The zero-order valence-electron chi connectivity index (χ0n) is 37.7. The van der Waals surface area contributed by atoms with Crippen LogP contribution in [-0.2, 0) is 38.5 Å². The van der Waals surface area contributed by atoms with Crippen molar-refractivity contribution in [3.63, 3.8) is 0 Å². The number of aryl methyl sites for hydroxylation is 2. The topological polar surface area (TPSA) is 0 Å². The van der Waals surface area contributed by atoms with E-state index >= 15 is 0 Å². The number of rotatable bonds is 6. The maximum atomic E-state index is 2.63. The van der Waals surface area contributed by atoms with Gasteiger partial charge in [-0.25, -0.2) is 0 Å². The van der Waals surface area contributed by atoms with Crippen LogP contribution < -0.4 is 28.1 Å². The Labute approximate surface area is 381 Å². The zero-order chi connectivity index (χ0) is 41.3. The molecule has 1 unspecified atom stereocenters. The Hall–Kier alpha value is -3.87. The number of hydrogen-bond acceptors (Lipinski definition) is 0. The molecule has 0 saturated carbocycles. The van der Waals surface area contributed by atoms with Gasteiger partial charge in [0.25, 0.3) is 0 Å². The molecule has 0 N–H and O–H groups in total. The Morgan fingerprint density at radius 3 is 1.48 bits per heavy atom. The van der Waals surface area contributed by atoms with Gasteiger partial charge < -0.3 is 24.8 Å². The maximum Gasteiger partial charge on any atom is -1.00 e. The molecule has 60 heavy (non-hydrogen) atoms. The molecule has 0 aromatic heterocycles. The van der Waals surface area contributed by atoms with E-state index in [1.54, 1.807) is 15.3 Å². The molecule has 1 atom stereocenters. The summed E-state index contributed by atoms with van der Waals surface area (Å²) in [5.41, 5.74) is 24.1. The Balaban J connectivity index is 0.00000302. The molecule has 3 heteroatoms. The van der Waals surface area contributed by atoms with Crippen LogP contribution in [0, 0.1) is 19.8 Å². The second-order valence-electron chi connectivity index (χ2n) is 19.2. The minimum Gasteiger partial charge on any atom is -1.00 e. The van der Waals surface area contributed by atoms with Crippen molar-refractivity contribution < 1.29 is 46.1 Å². The van der Waals surface area contributed by atoms with Crippen LogP contribution >= 0.6 is 0 Å². The van der Waals surface area contributed by atoms with E-state index < -0.39 is 21.3 Å². The fourth-order valence-corrected chi connectivity index (χ4v) is 19.4. The van der Waals surface area contributed by atoms with Crippen LogP contribution in [0.25, 0.3) is 33.4 Å². The van der Waals surface area contributed by atoms with Crippen molar-refractivity contribution in [2.75, 3.05) is 0 Å². The summed E-state index contributed by atoms with van der Waals surface area (Å²) >= 11 is -3.24.